The van der Waals surface area contributed by atoms with E-state index in [0.29, 0.717) is 5.75 Å². The number of hydrogen-bond acceptors (Lipinski definition) is 3. The van der Waals surface area contributed by atoms with Crippen LogP contribution in [-0.4, -0.2) is 35.4 Å². The highest BCUT2D eigenvalue weighted by Crippen LogP contribution is 2.20. The van der Waals surface area contributed by atoms with Crippen LogP contribution in [0.25, 0.3) is 0 Å². The third kappa shape index (κ3) is 6.55. The van der Waals surface area contributed by atoms with Gasteiger partial charge < -0.3 is 15.0 Å². The van der Waals surface area contributed by atoms with Crippen LogP contribution < -0.4 is 10.1 Å². The summed E-state index contributed by atoms with van der Waals surface area (Å²) in [5.41, 5.74) is 2.82. The molecule has 1 fully saturated rings. The van der Waals surface area contributed by atoms with E-state index in [1.165, 1.54) is 23.5 Å². The van der Waals surface area contributed by atoms with E-state index in [0.717, 1.165) is 42.4 Å². The lowest BCUT2D eigenvalue weighted by atomic mass is 9.95. The summed E-state index contributed by atoms with van der Waals surface area (Å²) in [5.74, 6) is -0.155. The topological polar surface area (TPSA) is 58.6 Å². The smallest absolute Gasteiger partial charge is 0.261 e. The molecule has 2 aromatic rings. The number of rotatable bonds is 8. The van der Waals surface area contributed by atoms with Crippen molar-refractivity contribution >= 4 is 11.8 Å². The number of ether oxygens (including phenoxy) is 1. The second-order valence-electron chi connectivity index (χ2n) is 8.73. The Bertz CT molecular complexity index is 923. The zero-order valence-electron chi connectivity index (χ0n) is 19.2. The van der Waals surface area contributed by atoms with Crippen LogP contribution in [-0.2, 0) is 16.1 Å². The average molecular weight is 441 g/mol. The van der Waals surface area contributed by atoms with E-state index in [-0.39, 0.29) is 36.8 Å². The van der Waals surface area contributed by atoms with Gasteiger partial charge in [-0.15, -0.1) is 0 Å². The molecule has 0 unspecified atom stereocenters. The third-order valence-corrected chi connectivity index (χ3v) is 6.07. The van der Waals surface area contributed by atoms with Gasteiger partial charge in [0.1, 0.15) is 17.6 Å². The first-order chi connectivity index (χ1) is 15.3. The molecule has 1 atom stereocenters. The van der Waals surface area contributed by atoms with Crippen molar-refractivity contribution in [3.8, 4) is 5.75 Å². The van der Waals surface area contributed by atoms with Crippen molar-refractivity contribution in [3.63, 3.8) is 0 Å². The van der Waals surface area contributed by atoms with E-state index in [9.17, 15) is 14.0 Å². The molecule has 2 amide bonds. The first-order valence-electron chi connectivity index (χ1n) is 11.4. The van der Waals surface area contributed by atoms with E-state index in [1.54, 1.807) is 19.1 Å². The van der Waals surface area contributed by atoms with Crippen molar-refractivity contribution in [2.24, 2.45) is 0 Å². The van der Waals surface area contributed by atoms with Crippen LogP contribution in [0.3, 0.4) is 0 Å². The fourth-order valence-electron chi connectivity index (χ4n) is 4.12. The highest BCUT2D eigenvalue weighted by Gasteiger charge is 2.28. The van der Waals surface area contributed by atoms with Crippen LogP contribution in [0.1, 0.15) is 55.7 Å². The van der Waals surface area contributed by atoms with Crippen molar-refractivity contribution in [3.05, 3.63) is 65.0 Å². The van der Waals surface area contributed by atoms with E-state index >= 15 is 0 Å². The zero-order valence-corrected chi connectivity index (χ0v) is 19.2. The normalized spacial score (nSPS) is 15.1. The fraction of sp³-hybridized carbons (Fsp3) is 0.462. The predicted molar refractivity (Wildman–Crippen MR) is 123 cm³/mol. The molecule has 2 aromatic carbocycles. The van der Waals surface area contributed by atoms with Crippen LogP contribution in [0.5, 0.6) is 5.75 Å². The van der Waals surface area contributed by atoms with Crippen molar-refractivity contribution in [1.82, 2.24) is 10.2 Å². The van der Waals surface area contributed by atoms with Gasteiger partial charge in [-0.25, -0.2) is 4.39 Å². The molecule has 1 saturated carbocycles. The minimum Gasteiger partial charge on any atom is -0.483 e. The highest BCUT2D eigenvalue weighted by molar-refractivity contribution is 5.88. The summed E-state index contributed by atoms with van der Waals surface area (Å²) < 4.78 is 19.1. The molecule has 1 aliphatic carbocycles. The summed E-state index contributed by atoms with van der Waals surface area (Å²) in [6.45, 7) is 5.69. The Kier molecular flexibility index (Phi) is 8.26. The molecule has 0 aromatic heterocycles. The second-order valence-corrected chi connectivity index (χ2v) is 8.73. The van der Waals surface area contributed by atoms with Gasteiger partial charge in [0.2, 0.25) is 5.91 Å². The van der Waals surface area contributed by atoms with E-state index in [1.807, 2.05) is 32.0 Å². The van der Waals surface area contributed by atoms with Gasteiger partial charge in [0.15, 0.2) is 6.61 Å². The number of nitrogens with zero attached hydrogens (tertiary/aromatic N) is 1. The maximum absolute atomic E-state index is 13.3. The van der Waals surface area contributed by atoms with Crippen molar-refractivity contribution in [2.75, 3.05) is 6.61 Å². The number of hydrogen-bond donors (Lipinski definition) is 1. The van der Waals surface area contributed by atoms with Gasteiger partial charge in [0.05, 0.1) is 0 Å². The summed E-state index contributed by atoms with van der Waals surface area (Å²) >= 11 is 0. The van der Waals surface area contributed by atoms with E-state index in [2.05, 4.69) is 5.32 Å². The number of nitrogens with one attached hydrogen (secondary N) is 1. The van der Waals surface area contributed by atoms with Gasteiger partial charge >= 0.3 is 0 Å². The number of carbonyl (C=O) groups excluding carboxylic acids is 2. The van der Waals surface area contributed by atoms with Crippen LogP contribution >= 0.6 is 0 Å². The lowest BCUT2D eigenvalue weighted by Crippen LogP contribution is -2.51. The largest absolute Gasteiger partial charge is 0.483 e. The van der Waals surface area contributed by atoms with Gasteiger partial charge in [-0.3, -0.25) is 9.59 Å². The molecule has 0 radical (unpaired) electrons. The Morgan fingerprint density at radius 3 is 2.44 bits per heavy atom. The number of amides is 2. The molecule has 0 heterocycles. The van der Waals surface area contributed by atoms with Crippen molar-refractivity contribution < 1.29 is 18.7 Å². The van der Waals surface area contributed by atoms with Gasteiger partial charge in [-0.05, 0) is 62.9 Å². The summed E-state index contributed by atoms with van der Waals surface area (Å²) in [6, 6.07) is 11.2. The summed E-state index contributed by atoms with van der Waals surface area (Å²) in [5, 5.41) is 3.10. The molecule has 32 heavy (non-hydrogen) atoms. The molecule has 5 nitrogen and oxygen atoms in total. The summed E-state index contributed by atoms with van der Waals surface area (Å²) in [7, 11) is 0. The summed E-state index contributed by atoms with van der Waals surface area (Å²) in [6.07, 6.45) is 5.37. The Balaban J connectivity index is 1.71. The summed E-state index contributed by atoms with van der Waals surface area (Å²) in [4.78, 5) is 27.6. The Labute approximate surface area is 190 Å². The van der Waals surface area contributed by atoms with Gasteiger partial charge in [-0.2, -0.15) is 0 Å². The molecule has 0 bridgehead atoms. The number of aryl methyl sites for hydroxylation is 2. The minimum atomic E-state index is -0.669. The van der Waals surface area contributed by atoms with Crippen LogP contribution in [0, 0.1) is 19.7 Å². The number of carbonyl (C=O) groups is 2. The molecule has 1 aliphatic rings. The molecule has 1 N–H and O–H groups in total. The predicted octanol–water partition coefficient (Wildman–Crippen LogP) is 4.69. The van der Waals surface area contributed by atoms with E-state index < -0.39 is 6.04 Å². The quantitative estimate of drug-likeness (QED) is 0.648. The molecular formula is C26H33FN2O3. The molecule has 3 rings (SSSR count). The first-order valence-corrected chi connectivity index (χ1v) is 11.4. The standard InChI is InChI=1S/C26H33FN2O3/c1-18-9-14-24(19(2)15-18)32-17-25(30)29(16-21-10-12-22(27)13-11-21)20(3)26(31)28-23-7-5-4-6-8-23/h9-15,20,23H,4-8,16-17H2,1-3H3,(H,28,31)/t20-/m1/s1. The molecular weight excluding hydrogens is 407 g/mol. The number of halogens is 1. The molecule has 172 valence electrons. The van der Waals surface area contributed by atoms with Crippen LogP contribution in [0.4, 0.5) is 4.39 Å². The van der Waals surface area contributed by atoms with Crippen molar-refractivity contribution in [1.29, 1.82) is 0 Å². The Morgan fingerprint density at radius 1 is 1.09 bits per heavy atom. The monoisotopic (exact) mass is 440 g/mol. The lowest BCUT2D eigenvalue weighted by molar-refractivity contribution is -0.142. The average Bonchev–Trinajstić information content (AvgIpc) is 2.78. The highest BCUT2D eigenvalue weighted by atomic mass is 19.1. The minimum absolute atomic E-state index is 0.160. The molecule has 0 aliphatic heterocycles. The third-order valence-electron chi connectivity index (χ3n) is 6.07. The maximum atomic E-state index is 13.3. The lowest BCUT2D eigenvalue weighted by Gasteiger charge is -2.31. The van der Waals surface area contributed by atoms with Crippen molar-refractivity contribution in [2.45, 2.75) is 71.5 Å². The molecule has 0 saturated heterocycles. The van der Waals surface area contributed by atoms with Crippen LogP contribution in [0.2, 0.25) is 0 Å². The number of benzene rings is 2. The Morgan fingerprint density at radius 2 is 1.78 bits per heavy atom. The van der Waals surface area contributed by atoms with Crippen LogP contribution in [0.15, 0.2) is 42.5 Å². The Hall–Kier alpha value is -2.89. The van der Waals surface area contributed by atoms with Gasteiger partial charge in [0.25, 0.3) is 5.91 Å². The molecule has 6 heteroatoms. The fourth-order valence-corrected chi connectivity index (χ4v) is 4.12. The molecule has 0 spiro atoms. The van der Waals surface area contributed by atoms with Gasteiger partial charge in [0, 0.05) is 12.6 Å². The SMILES string of the molecule is Cc1ccc(OCC(=O)N(Cc2ccc(F)cc2)[C@H](C)C(=O)NC2CCCCC2)c(C)c1. The zero-order chi connectivity index (χ0) is 23.1. The van der Waals surface area contributed by atoms with Gasteiger partial charge in [-0.1, -0.05) is 49.1 Å². The first kappa shape index (κ1) is 23.8. The second kappa shape index (κ2) is 11.1. The van der Waals surface area contributed by atoms with E-state index in [4.69, 9.17) is 4.74 Å². The maximum Gasteiger partial charge on any atom is 0.261 e.